The lowest BCUT2D eigenvalue weighted by Crippen LogP contribution is -2.14. The Bertz CT molecular complexity index is 1380. The van der Waals surface area contributed by atoms with Crippen LogP contribution in [-0.2, 0) is 4.79 Å². The number of nitrogens with zero attached hydrogens (tertiary/aromatic N) is 4. The van der Waals surface area contributed by atoms with Crippen LogP contribution in [-0.4, -0.2) is 43.9 Å². The van der Waals surface area contributed by atoms with E-state index in [1.165, 1.54) is 23.1 Å². The van der Waals surface area contributed by atoms with Gasteiger partial charge in [0, 0.05) is 21.8 Å². The Morgan fingerprint density at radius 2 is 1.97 bits per heavy atom. The van der Waals surface area contributed by atoms with Crippen molar-refractivity contribution in [1.29, 1.82) is 0 Å². The van der Waals surface area contributed by atoms with Gasteiger partial charge in [0.15, 0.2) is 10.8 Å². The Morgan fingerprint density at radius 1 is 1.13 bits per heavy atom. The van der Waals surface area contributed by atoms with Crippen LogP contribution in [0, 0.1) is 0 Å². The van der Waals surface area contributed by atoms with Crippen molar-refractivity contribution in [3.05, 3.63) is 53.9 Å². The van der Waals surface area contributed by atoms with E-state index in [4.69, 9.17) is 4.74 Å². The van der Waals surface area contributed by atoms with Crippen molar-refractivity contribution in [2.75, 3.05) is 18.2 Å². The van der Waals surface area contributed by atoms with E-state index in [0.717, 1.165) is 33.4 Å². The molecule has 3 aromatic heterocycles. The van der Waals surface area contributed by atoms with Crippen LogP contribution < -0.4 is 10.1 Å². The fourth-order valence-corrected chi connectivity index (χ4v) is 4.40. The molecule has 154 valence electrons. The molecule has 3 heterocycles. The summed E-state index contributed by atoms with van der Waals surface area (Å²) >= 11 is 2.60. The molecule has 0 aliphatic rings. The highest BCUT2D eigenvalue weighted by Gasteiger charge is 2.12. The molecule has 31 heavy (non-hydrogen) atoms. The molecule has 0 bridgehead atoms. The first kappa shape index (κ1) is 19.5. The van der Waals surface area contributed by atoms with Crippen molar-refractivity contribution >= 4 is 56.2 Å². The summed E-state index contributed by atoms with van der Waals surface area (Å²) in [6, 6.07) is 15.4. The second-order valence-corrected chi connectivity index (χ2v) is 8.37. The SMILES string of the molecule is COc1ccc(-c2csc(NC(=O)CSc3nnc4c(n3)[nH]c3ccccc34)n2)cc1. The molecule has 0 atom stereocenters. The molecule has 0 aliphatic heterocycles. The van der Waals surface area contributed by atoms with Gasteiger partial charge in [0.2, 0.25) is 11.1 Å². The maximum Gasteiger partial charge on any atom is 0.236 e. The minimum absolute atomic E-state index is 0.158. The van der Waals surface area contributed by atoms with Gasteiger partial charge in [-0.05, 0) is 30.3 Å². The number of carbonyl (C=O) groups is 1. The summed E-state index contributed by atoms with van der Waals surface area (Å²) in [5.41, 5.74) is 4.09. The zero-order chi connectivity index (χ0) is 21.2. The Balaban J connectivity index is 1.23. The smallest absolute Gasteiger partial charge is 0.236 e. The van der Waals surface area contributed by atoms with Crippen molar-refractivity contribution in [2.45, 2.75) is 5.16 Å². The highest BCUT2D eigenvalue weighted by atomic mass is 32.2. The van der Waals surface area contributed by atoms with Crippen molar-refractivity contribution in [2.24, 2.45) is 0 Å². The molecule has 0 saturated heterocycles. The Morgan fingerprint density at radius 3 is 2.81 bits per heavy atom. The molecule has 2 N–H and O–H groups in total. The van der Waals surface area contributed by atoms with Crippen molar-refractivity contribution in [3.8, 4) is 17.0 Å². The van der Waals surface area contributed by atoms with Crippen LogP contribution >= 0.6 is 23.1 Å². The van der Waals surface area contributed by atoms with Crippen LogP contribution in [0.2, 0.25) is 0 Å². The summed E-state index contributed by atoms with van der Waals surface area (Å²) in [7, 11) is 1.63. The van der Waals surface area contributed by atoms with E-state index in [2.05, 4.69) is 30.5 Å². The quantitative estimate of drug-likeness (QED) is 0.372. The number of rotatable bonds is 6. The number of hydrogen-bond acceptors (Lipinski definition) is 8. The first-order chi connectivity index (χ1) is 15.2. The molecule has 2 aromatic carbocycles. The lowest BCUT2D eigenvalue weighted by Gasteiger charge is -2.02. The van der Waals surface area contributed by atoms with Crippen LogP contribution in [0.15, 0.2) is 59.1 Å². The molecule has 10 heteroatoms. The maximum atomic E-state index is 12.4. The second kappa shape index (κ2) is 8.32. The van der Waals surface area contributed by atoms with E-state index in [1.54, 1.807) is 7.11 Å². The molecule has 0 saturated carbocycles. The lowest BCUT2D eigenvalue weighted by molar-refractivity contribution is -0.113. The maximum absolute atomic E-state index is 12.4. The topological polar surface area (TPSA) is 106 Å². The summed E-state index contributed by atoms with van der Waals surface area (Å²) in [5, 5.41) is 15.1. The number of aromatic amines is 1. The number of methoxy groups -OCH3 is 1. The van der Waals surface area contributed by atoms with Crippen molar-refractivity contribution < 1.29 is 9.53 Å². The molecule has 0 fully saturated rings. The van der Waals surface area contributed by atoms with Crippen molar-refractivity contribution in [3.63, 3.8) is 0 Å². The predicted molar refractivity (Wildman–Crippen MR) is 123 cm³/mol. The van der Waals surface area contributed by atoms with Crippen molar-refractivity contribution in [1.82, 2.24) is 25.1 Å². The number of amides is 1. The fourth-order valence-electron chi connectivity index (χ4n) is 3.08. The number of anilines is 1. The number of H-pyrrole nitrogens is 1. The predicted octanol–water partition coefficient (Wildman–Crippen LogP) is 4.37. The number of aromatic nitrogens is 5. The van der Waals surface area contributed by atoms with Crippen LogP contribution in [0.5, 0.6) is 5.75 Å². The first-order valence-electron chi connectivity index (χ1n) is 9.33. The monoisotopic (exact) mass is 448 g/mol. The van der Waals surface area contributed by atoms with Gasteiger partial charge in [-0.15, -0.1) is 21.5 Å². The summed E-state index contributed by atoms with van der Waals surface area (Å²) in [6.07, 6.45) is 0. The van der Waals surface area contributed by atoms with E-state index in [0.29, 0.717) is 15.9 Å². The molecule has 5 aromatic rings. The number of nitrogens with one attached hydrogen (secondary N) is 2. The van der Waals surface area contributed by atoms with E-state index in [-0.39, 0.29) is 11.7 Å². The largest absolute Gasteiger partial charge is 0.497 e. The average molecular weight is 449 g/mol. The molecular weight excluding hydrogens is 432 g/mol. The fraction of sp³-hybridized carbons (Fsp3) is 0.0952. The van der Waals surface area contributed by atoms with Crippen LogP contribution in [0.4, 0.5) is 5.13 Å². The molecule has 0 radical (unpaired) electrons. The Hall–Kier alpha value is -3.50. The van der Waals surface area contributed by atoms with Crippen LogP contribution in [0.25, 0.3) is 33.3 Å². The number of ether oxygens (including phenoxy) is 1. The minimum Gasteiger partial charge on any atom is -0.497 e. The summed E-state index contributed by atoms with van der Waals surface area (Å²) in [6.45, 7) is 0. The first-order valence-corrected chi connectivity index (χ1v) is 11.2. The van der Waals surface area contributed by atoms with Gasteiger partial charge in [0.05, 0.1) is 18.6 Å². The van der Waals surface area contributed by atoms with Gasteiger partial charge < -0.3 is 15.0 Å². The highest BCUT2D eigenvalue weighted by molar-refractivity contribution is 7.99. The summed E-state index contributed by atoms with van der Waals surface area (Å²) < 4.78 is 5.17. The third-order valence-electron chi connectivity index (χ3n) is 4.57. The number of hydrogen-bond donors (Lipinski definition) is 2. The lowest BCUT2D eigenvalue weighted by atomic mass is 10.2. The molecule has 0 unspecified atom stereocenters. The number of para-hydroxylation sites is 1. The number of carbonyl (C=O) groups excluding carboxylic acids is 1. The standard InChI is InChI=1S/C21H16N6O2S2/c1-29-13-8-6-12(7-9-13)16-10-30-20(23-16)24-17(28)11-31-21-25-19-18(26-27-21)14-4-2-3-5-15(14)22-19/h2-10H,11H2,1H3,(H,22,25,27)(H,23,24,28). The second-order valence-electron chi connectivity index (χ2n) is 6.57. The normalized spacial score (nSPS) is 11.1. The molecule has 0 spiro atoms. The highest BCUT2D eigenvalue weighted by Crippen LogP contribution is 2.27. The zero-order valence-electron chi connectivity index (χ0n) is 16.3. The van der Waals surface area contributed by atoms with E-state index < -0.39 is 0 Å². The average Bonchev–Trinajstić information content (AvgIpc) is 3.42. The van der Waals surface area contributed by atoms with Crippen LogP contribution in [0.1, 0.15) is 0 Å². The molecule has 8 nitrogen and oxygen atoms in total. The zero-order valence-corrected chi connectivity index (χ0v) is 18.0. The Labute approximate surface area is 185 Å². The van der Waals surface area contributed by atoms with Gasteiger partial charge in [-0.25, -0.2) is 9.97 Å². The molecule has 5 rings (SSSR count). The number of thiazole rings is 1. The van der Waals surface area contributed by atoms with Gasteiger partial charge in [0.25, 0.3) is 0 Å². The van der Waals surface area contributed by atoms with Gasteiger partial charge in [0.1, 0.15) is 11.3 Å². The third kappa shape index (κ3) is 4.07. The van der Waals surface area contributed by atoms with Gasteiger partial charge in [-0.3, -0.25) is 4.79 Å². The van der Waals surface area contributed by atoms with Gasteiger partial charge in [-0.1, -0.05) is 30.0 Å². The summed E-state index contributed by atoms with van der Waals surface area (Å²) in [5.74, 6) is 0.762. The van der Waals surface area contributed by atoms with E-state index >= 15 is 0 Å². The minimum atomic E-state index is -0.180. The number of thioether (sulfide) groups is 1. The van der Waals surface area contributed by atoms with E-state index in [1.807, 2.05) is 53.9 Å². The molecular formula is C21H16N6O2S2. The third-order valence-corrected chi connectivity index (χ3v) is 6.17. The van der Waals surface area contributed by atoms with Gasteiger partial charge in [-0.2, -0.15) is 0 Å². The molecule has 1 amide bonds. The van der Waals surface area contributed by atoms with Gasteiger partial charge >= 0.3 is 0 Å². The van der Waals surface area contributed by atoms with Crippen LogP contribution in [0.3, 0.4) is 0 Å². The number of fused-ring (bicyclic) bond motifs is 3. The Kier molecular flexibility index (Phi) is 5.23. The van der Waals surface area contributed by atoms with E-state index in [9.17, 15) is 4.79 Å². The number of benzene rings is 2. The molecule has 0 aliphatic carbocycles. The summed E-state index contributed by atoms with van der Waals surface area (Å²) in [4.78, 5) is 24.5.